The smallest absolute Gasteiger partial charge is 0.235 e. The summed E-state index contributed by atoms with van der Waals surface area (Å²) in [6.45, 7) is 0.756. The van der Waals surface area contributed by atoms with Crippen LogP contribution >= 0.6 is 0 Å². The molecule has 0 aliphatic heterocycles. The van der Waals surface area contributed by atoms with Crippen molar-refractivity contribution in [2.45, 2.75) is 11.3 Å². The summed E-state index contributed by atoms with van der Waals surface area (Å²) in [5.41, 5.74) is 5.46. The van der Waals surface area contributed by atoms with Gasteiger partial charge in [-0.2, -0.15) is 0 Å². The minimum Gasteiger partial charge on any atom is -0.399 e. The molecule has 0 heterocycles. The Morgan fingerprint density at radius 1 is 1.45 bits per heavy atom. The lowest BCUT2D eigenvalue weighted by atomic mass is 10.3. The number of nitrogen functional groups attached to an aromatic ring is 1. The Hall–Kier alpha value is -1.67. The Labute approximate surface area is 117 Å². The van der Waals surface area contributed by atoms with Gasteiger partial charge in [-0.3, -0.25) is 4.79 Å². The summed E-state index contributed by atoms with van der Waals surface area (Å²) in [6, 6.07) is 3.23. The molecule has 0 saturated heterocycles. The summed E-state index contributed by atoms with van der Waals surface area (Å²) in [6.07, 6.45) is 0.568. The Balaban J connectivity index is 2.67. The highest BCUT2D eigenvalue weighted by Crippen LogP contribution is 2.18. The van der Waals surface area contributed by atoms with E-state index in [9.17, 15) is 17.6 Å². The van der Waals surface area contributed by atoms with Crippen LogP contribution in [-0.2, 0) is 19.4 Å². The minimum absolute atomic E-state index is 0.116. The maximum absolute atomic E-state index is 13.5. The number of benzene rings is 1. The maximum Gasteiger partial charge on any atom is 0.235 e. The molecule has 8 heteroatoms. The van der Waals surface area contributed by atoms with E-state index in [1.54, 1.807) is 0 Å². The summed E-state index contributed by atoms with van der Waals surface area (Å²) >= 11 is 0. The summed E-state index contributed by atoms with van der Waals surface area (Å²) in [7, 11) is -2.50. The normalized spacial score (nSPS) is 11.3. The standard InChI is InChI=1S/C12H17FN2O4S/c1-19-6-2-5-15-12(16)8-20(17,18)11-4-3-9(14)7-10(11)13/h3-4,7H,2,5-6,8,14H2,1H3,(H,15,16). The molecule has 3 N–H and O–H groups in total. The van der Waals surface area contributed by atoms with E-state index in [1.165, 1.54) is 13.2 Å². The van der Waals surface area contributed by atoms with Gasteiger partial charge in [-0.05, 0) is 24.6 Å². The van der Waals surface area contributed by atoms with E-state index in [0.29, 0.717) is 19.6 Å². The molecular formula is C12H17FN2O4S. The van der Waals surface area contributed by atoms with Crippen LogP contribution in [0.3, 0.4) is 0 Å². The van der Waals surface area contributed by atoms with Gasteiger partial charge in [0, 0.05) is 25.9 Å². The lowest BCUT2D eigenvalue weighted by Crippen LogP contribution is -2.31. The molecule has 0 aliphatic carbocycles. The molecule has 6 nitrogen and oxygen atoms in total. The van der Waals surface area contributed by atoms with Gasteiger partial charge in [0.05, 0.1) is 0 Å². The quantitative estimate of drug-likeness (QED) is 0.559. The van der Waals surface area contributed by atoms with Gasteiger partial charge in [0.1, 0.15) is 16.5 Å². The van der Waals surface area contributed by atoms with Crippen molar-refractivity contribution in [3.8, 4) is 0 Å². The number of methoxy groups -OCH3 is 1. The second-order valence-corrected chi connectivity index (χ2v) is 6.10. The highest BCUT2D eigenvalue weighted by Gasteiger charge is 2.22. The van der Waals surface area contributed by atoms with Crippen LogP contribution in [-0.4, -0.2) is 40.3 Å². The fourth-order valence-corrected chi connectivity index (χ4v) is 2.75. The van der Waals surface area contributed by atoms with Gasteiger partial charge in [0.2, 0.25) is 5.91 Å². The Morgan fingerprint density at radius 2 is 2.15 bits per heavy atom. The number of anilines is 1. The van der Waals surface area contributed by atoms with Crippen LogP contribution < -0.4 is 11.1 Å². The Bertz CT molecular complexity index is 575. The number of halogens is 1. The second-order valence-electron chi connectivity index (χ2n) is 4.15. The predicted octanol–water partition coefficient (Wildman–Crippen LogP) is 0.334. The molecule has 0 saturated carbocycles. The van der Waals surface area contributed by atoms with Crippen LogP contribution in [0.4, 0.5) is 10.1 Å². The van der Waals surface area contributed by atoms with Crippen LogP contribution in [0.15, 0.2) is 23.1 Å². The third-order valence-corrected chi connectivity index (χ3v) is 4.10. The molecule has 0 unspecified atom stereocenters. The van der Waals surface area contributed by atoms with Gasteiger partial charge < -0.3 is 15.8 Å². The summed E-state index contributed by atoms with van der Waals surface area (Å²) in [5, 5.41) is 2.43. The van der Waals surface area contributed by atoms with E-state index < -0.39 is 32.2 Å². The van der Waals surface area contributed by atoms with Crippen LogP contribution in [0.25, 0.3) is 0 Å². The number of carbonyl (C=O) groups is 1. The molecule has 20 heavy (non-hydrogen) atoms. The topological polar surface area (TPSA) is 98.5 Å². The first-order valence-electron chi connectivity index (χ1n) is 5.90. The number of nitrogens with two attached hydrogens (primary N) is 1. The summed E-state index contributed by atoms with van der Waals surface area (Å²) < 4.78 is 42.1. The van der Waals surface area contributed by atoms with Gasteiger partial charge in [-0.1, -0.05) is 0 Å². The summed E-state index contributed by atoms with van der Waals surface area (Å²) in [5.74, 6) is -2.45. The SMILES string of the molecule is COCCCNC(=O)CS(=O)(=O)c1ccc(N)cc1F. The molecule has 0 fully saturated rings. The van der Waals surface area contributed by atoms with Crippen molar-refractivity contribution in [2.75, 3.05) is 31.7 Å². The molecular weight excluding hydrogens is 287 g/mol. The largest absolute Gasteiger partial charge is 0.399 e. The molecule has 0 radical (unpaired) electrons. The van der Waals surface area contributed by atoms with Crippen LogP contribution in [0.5, 0.6) is 0 Å². The first-order valence-corrected chi connectivity index (χ1v) is 7.55. The number of ether oxygens (including phenoxy) is 1. The number of nitrogens with one attached hydrogen (secondary N) is 1. The van der Waals surface area contributed by atoms with E-state index in [0.717, 1.165) is 12.1 Å². The van der Waals surface area contributed by atoms with Gasteiger partial charge in [0.15, 0.2) is 9.84 Å². The van der Waals surface area contributed by atoms with Crippen molar-refractivity contribution in [3.63, 3.8) is 0 Å². The van der Waals surface area contributed by atoms with E-state index in [4.69, 9.17) is 10.5 Å². The number of hydrogen-bond acceptors (Lipinski definition) is 5. The van der Waals surface area contributed by atoms with Crippen molar-refractivity contribution in [1.82, 2.24) is 5.32 Å². The number of hydrogen-bond donors (Lipinski definition) is 2. The van der Waals surface area contributed by atoms with Crippen molar-refractivity contribution in [1.29, 1.82) is 0 Å². The summed E-state index contributed by atoms with van der Waals surface area (Å²) in [4.78, 5) is 11.0. The molecule has 1 rings (SSSR count). The van der Waals surface area contributed by atoms with E-state index in [1.807, 2.05) is 0 Å². The zero-order valence-electron chi connectivity index (χ0n) is 11.1. The second kappa shape index (κ2) is 7.20. The minimum atomic E-state index is -4.02. The molecule has 0 spiro atoms. The molecule has 1 amide bonds. The van der Waals surface area contributed by atoms with E-state index >= 15 is 0 Å². The lowest BCUT2D eigenvalue weighted by molar-refractivity contribution is -0.118. The fraction of sp³-hybridized carbons (Fsp3) is 0.417. The van der Waals surface area contributed by atoms with Gasteiger partial charge in [0.25, 0.3) is 0 Å². The third-order valence-electron chi connectivity index (χ3n) is 2.46. The van der Waals surface area contributed by atoms with Crippen molar-refractivity contribution in [2.24, 2.45) is 0 Å². The van der Waals surface area contributed by atoms with Crippen LogP contribution in [0, 0.1) is 5.82 Å². The van der Waals surface area contributed by atoms with Crippen molar-refractivity contribution >= 4 is 21.4 Å². The molecule has 112 valence electrons. The molecule has 0 aromatic heterocycles. The van der Waals surface area contributed by atoms with Crippen LogP contribution in [0.1, 0.15) is 6.42 Å². The van der Waals surface area contributed by atoms with Gasteiger partial charge in [-0.15, -0.1) is 0 Å². The third kappa shape index (κ3) is 4.78. The average Bonchev–Trinajstić information content (AvgIpc) is 2.33. The number of carbonyl (C=O) groups excluding carboxylic acids is 1. The first-order chi connectivity index (χ1) is 9.36. The molecule has 1 aromatic rings. The van der Waals surface area contributed by atoms with E-state index in [2.05, 4.69) is 5.32 Å². The first kappa shape index (κ1) is 16.4. The predicted molar refractivity (Wildman–Crippen MR) is 72.4 cm³/mol. The number of rotatable bonds is 7. The van der Waals surface area contributed by atoms with E-state index in [-0.39, 0.29) is 5.69 Å². The van der Waals surface area contributed by atoms with Crippen molar-refractivity contribution < 1.29 is 22.3 Å². The monoisotopic (exact) mass is 304 g/mol. The fourth-order valence-electron chi connectivity index (χ4n) is 1.51. The Morgan fingerprint density at radius 3 is 2.75 bits per heavy atom. The maximum atomic E-state index is 13.5. The zero-order chi connectivity index (χ0) is 15.2. The lowest BCUT2D eigenvalue weighted by Gasteiger charge is -2.07. The highest BCUT2D eigenvalue weighted by molar-refractivity contribution is 7.92. The highest BCUT2D eigenvalue weighted by atomic mass is 32.2. The molecule has 0 aliphatic rings. The Kier molecular flexibility index (Phi) is 5.90. The van der Waals surface area contributed by atoms with Crippen molar-refractivity contribution in [3.05, 3.63) is 24.0 Å². The average molecular weight is 304 g/mol. The molecule has 1 aromatic carbocycles. The molecule has 0 atom stereocenters. The molecule has 0 bridgehead atoms. The zero-order valence-corrected chi connectivity index (χ0v) is 11.9. The number of amides is 1. The van der Waals surface area contributed by atoms with Gasteiger partial charge >= 0.3 is 0 Å². The van der Waals surface area contributed by atoms with Crippen LogP contribution in [0.2, 0.25) is 0 Å². The van der Waals surface area contributed by atoms with Gasteiger partial charge in [-0.25, -0.2) is 12.8 Å². The number of sulfone groups is 1.